The van der Waals surface area contributed by atoms with E-state index in [0.717, 1.165) is 25.9 Å². The van der Waals surface area contributed by atoms with Crippen LogP contribution in [0.15, 0.2) is 30.3 Å². The summed E-state index contributed by atoms with van der Waals surface area (Å²) in [6, 6.07) is 10.6. The molecule has 1 saturated heterocycles. The number of methoxy groups -OCH3 is 1. The summed E-state index contributed by atoms with van der Waals surface area (Å²) < 4.78 is 4.92. The van der Waals surface area contributed by atoms with Gasteiger partial charge in [0.2, 0.25) is 5.91 Å². The third-order valence-electron chi connectivity index (χ3n) is 3.62. The molecule has 0 aromatic heterocycles. The van der Waals surface area contributed by atoms with Gasteiger partial charge in [-0.3, -0.25) is 4.79 Å². The zero-order chi connectivity index (χ0) is 12.8. The summed E-state index contributed by atoms with van der Waals surface area (Å²) in [5, 5.41) is 0. The summed E-state index contributed by atoms with van der Waals surface area (Å²) in [4.78, 5) is 13.7. The molecule has 1 aliphatic heterocycles. The molecular weight excluding hydrogens is 226 g/mol. The van der Waals surface area contributed by atoms with Crippen molar-refractivity contribution in [2.45, 2.75) is 25.2 Å². The molecule has 1 atom stereocenters. The molecule has 1 amide bonds. The molecule has 1 aromatic rings. The lowest BCUT2D eigenvalue weighted by molar-refractivity contribution is -0.135. The summed E-state index contributed by atoms with van der Waals surface area (Å²) in [7, 11) is 1.57. The van der Waals surface area contributed by atoms with E-state index in [0.29, 0.717) is 5.92 Å². The Morgan fingerprint density at radius 2 is 2.06 bits per heavy atom. The van der Waals surface area contributed by atoms with Crippen molar-refractivity contribution in [1.29, 1.82) is 0 Å². The van der Waals surface area contributed by atoms with Crippen LogP contribution in [-0.4, -0.2) is 37.6 Å². The molecule has 3 nitrogen and oxygen atoms in total. The number of ether oxygens (including phenoxy) is 1. The number of hydrogen-bond acceptors (Lipinski definition) is 2. The van der Waals surface area contributed by atoms with Crippen molar-refractivity contribution in [3.8, 4) is 0 Å². The van der Waals surface area contributed by atoms with E-state index in [1.54, 1.807) is 7.11 Å². The van der Waals surface area contributed by atoms with Gasteiger partial charge in [0, 0.05) is 20.2 Å². The molecule has 1 fully saturated rings. The fraction of sp³-hybridized carbons (Fsp3) is 0.533. The zero-order valence-corrected chi connectivity index (χ0v) is 11.0. The van der Waals surface area contributed by atoms with Crippen LogP contribution in [0.2, 0.25) is 0 Å². The second-order valence-corrected chi connectivity index (χ2v) is 4.85. The van der Waals surface area contributed by atoms with Crippen molar-refractivity contribution in [3.05, 3.63) is 35.9 Å². The second-order valence-electron chi connectivity index (χ2n) is 4.85. The predicted octanol–water partition coefficient (Wildman–Crippen LogP) is 2.43. The summed E-state index contributed by atoms with van der Waals surface area (Å²) in [5.74, 6) is 0.706. The Morgan fingerprint density at radius 3 is 2.78 bits per heavy atom. The van der Waals surface area contributed by atoms with Gasteiger partial charge in [0.05, 0.1) is 0 Å². The Bertz CT molecular complexity index is 377. The number of amides is 1. The Kier molecular flexibility index (Phi) is 4.76. The summed E-state index contributed by atoms with van der Waals surface area (Å²) in [6.07, 6.45) is 3.30. The molecule has 1 aliphatic rings. The molecule has 2 rings (SSSR count). The number of carbonyl (C=O) groups is 1. The predicted molar refractivity (Wildman–Crippen MR) is 71.5 cm³/mol. The lowest BCUT2D eigenvalue weighted by atomic mass is 9.92. The number of carbonyl (C=O) groups excluding carboxylic acids is 1. The number of hydrogen-bond donors (Lipinski definition) is 0. The summed E-state index contributed by atoms with van der Waals surface area (Å²) in [5.41, 5.74) is 1.40. The molecule has 0 saturated carbocycles. The Balaban J connectivity index is 1.94. The van der Waals surface area contributed by atoms with Gasteiger partial charge >= 0.3 is 0 Å². The smallest absolute Gasteiger partial charge is 0.248 e. The second kappa shape index (κ2) is 6.55. The monoisotopic (exact) mass is 247 g/mol. The Labute approximate surface area is 109 Å². The molecule has 3 heteroatoms. The molecule has 0 spiro atoms. The molecule has 18 heavy (non-hydrogen) atoms. The molecule has 1 aromatic carbocycles. The molecule has 0 N–H and O–H groups in total. The molecule has 1 unspecified atom stereocenters. The fourth-order valence-electron chi connectivity index (χ4n) is 2.62. The maximum Gasteiger partial charge on any atom is 0.248 e. The minimum Gasteiger partial charge on any atom is -0.375 e. The van der Waals surface area contributed by atoms with Gasteiger partial charge in [-0.2, -0.15) is 0 Å². The van der Waals surface area contributed by atoms with Crippen molar-refractivity contribution >= 4 is 5.91 Å². The standard InChI is InChI=1S/C15H21NO2/c1-18-12-15(17)16-10-5-8-14(9-11-16)13-6-3-2-4-7-13/h2-4,6-7,14H,5,8-12H2,1H3. The van der Waals surface area contributed by atoms with Gasteiger partial charge in [-0.05, 0) is 30.7 Å². The van der Waals surface area contributed by atoms with E-state index in [2.05, 4.69) is 30.3 Å². The fourth-order valence-corrected chi connectivity index (χ4v) is 2.62. The van der Waals surface area contributed by atoms with Gasteiger partial charge in [-0.25, -0.2) is 0 Å². The molecule has 1 heterocycles. The molecular formula is C15H21NO2. The maximum atomic E-state index is 11.8. The average Bonchev–Trinajstić information content (AvgIpc) is 2.66. The van der Waals surface area contributed by atoms with Crippen LogP contribution in [0.4, 0.5) is 0 Å². The highest BCUT2D eigenvalue weighted by atomic mass is 16.5. The zero-order valence-electron chi connectivity index (χ0n) is 11.0. The first-order valence-corrected chi connectivity index (χ1v) is 6.63. The van der Waals surface area contributed by atoms with Crippen LogP contribution in [0.1, 0.15) is 30.7 Å². The van der Waals surface area contributed by atoms with Gasteiger partial charge in [0.15, 0.2) is 0 Å². The third-order valence-corrected chi connectivity index (χ3v) is 3.62. The van der Waals surface area contributed by atoms with Crippen LogP contribution in [0.3, 0.4) is 0 Å². The van der Waals surface area contributed by atoms with E-state index >= 15 is 0 Å². The highest BCUT2D eigenvalue weighted by Crippen LogP contribution is 2.27. The highest BCUT2D eigenvalue weighted by Gasteiger charge is 2.21. The number of nitrogens with zero attached hydrogens (tertiary/aromatic N) is 1. The largest absolute Gasteiger partial charge is 0.375 e. The molecule has 98 valence electrons. The first-order valence-electron chi connectivity index (χ1n) is 6.63. The van der Waals surface area contributed by atoms with Gasteiger partial charge < -0.3 is 9.64 Å². The van der Waals surface area contributed by atoms with Crippen LogP contribution in [-0.2, 0) is 9.53 Å². The molecule has 0 bridgehead atoms. The van der Waals surface area contributed by atoms with E-state index in [1.165, 1.54) is 12.0 Å². The van der Waals surface area contributed by atoms with Crippen molar-refractivity contribution in [3.63, 3.8) is 0 Å². The lowest BCUT2D eigenvalue weighted by Crippen LogP contribution is -2.34. The van der Waals surface area contributed by atoms with E-state index < -0.39 is 0 Å². The van der Waals surface area contributed by atoms with Crippen LogP contribution < -0.4 is 0 Å². The quantitative estimate of drug-likeness (QED) is 0.821. The summed E-state index contributed by atoms with van der Waals surface area (Å²) >= 11 is 0. The van der Waals surface area contributed by atoms with E-state index in [1.807, 2.05) is 4.90 Å². The van der Waals surface area contributed by atoms with E-state index in [-0.39, 0.29) is 12.5 Å². The summed E-state index contributed by atoms with van der Waals surface area (Å²) in [6.45, 7) is 1.92. The first-order chi connectivity index (χ1) is 8.81. The van der Waals surface area contributed by atoms with Gasteiger partial charge in [-0.1, -0.05) is 30.3 Å². The maximum absolute atomic E-state index is 11.8. The normalized spacial score (nSPS) is 20.5. The van der Waals surface area contributed by atoms with Crippen LogP contribution in [0.5, 0.6) is 0 Å². The van der Waals surface area contributed by atoms with Gasteiger partial charge in [-0.15, -0.1) is 0 Å². The first kappa shape index (κ1) is 13.1. The minimum absolute atomic E-state index is 0.117. The average molecular weight is 247 g/mol. The Morgan fingerprint density at radius 1 is 1.28 bits per heavy atom. The topological polar surface area (TPSA) is 29.5 Å². The van der Waals surface area contributed by atoms with Crippen molar-refractivity contribution in [2.75, 3.05) is 26.8 Å². The van der Waals surface area contributed by atoms with Crippen molar-refractivity contribution in [2.24, 2.45) is 0 Å². The van der Waals surface area contributed by atoms with Crippen LogP contribution in [0.25, 0.3) is 0 Å². The highest BCUT2D eigenvalue weighted by molar-refractivity contribution is 5.77. The minimum atomic E-state index is 0.117. The molecule has 0 radical (unpaired) electrons. The van der Waals surface area contributed by atoms with Crippen molar-refractivity contribution in [1.82, 2.24) is 4.90 Å². The number of rotatable bonds is 3. The third kappa shape index (κ3) is 3.33. The molecule has 0 aliphatic carbocycles. The van der Waals surface area contributed by atoms with Gasteiger partial charge in [0.25, 0.3) is 0 Å². The number of likely N-dealkylation sites (tertiary alicyclic amines) is 1. The van der Waals surface area contributed by atoms with E-state index in [9.17, 15) is 4.79 Å². The lowest BCUT2D eigenvalue weighted by Gasteiger charge is -2.20. The van der Waals surface area contributed by atoms with E-state index in [4.69, 9.17) is 4.74 Å². The van der Waals surface area contributed by atoms with Crippen LogP contribution in [0, 0.1) is 0 Å². The number of benzene rings is 1. The Hall–Kier alpha value is -1.35. The SMILES string of the molecule is COCC(=O)N1CCCC(c2ccccc2)CC1. The van der Waals surface area contributed by atoms with Crippen molar-refractivity contribution < 1.29 is 9.53 Å². The van der Waals surface area contributed by atoms with Crippen LogP contribution >= 0.6 is 0 Å². The van der Waals surface area contributed by atoms with Gasteiger partial charge in [0.1, 0.15) is 6.61 Å².